The standard InChI is InChI=1S/C93H55BN12/c1-97-72-40-49-81(77(56-72)93-102-90(67-28-16-6-17-29-67)99-91(103-93)68-30-18-7-19-31-68)106-80-48-39-69(52-76(80)75-45-38-70(53-84(75)106)92-100-88(65-24-12-4-13-25-65)98-89(101-92)66-26-14-5-15-27-66)71-54-85-87-86(55-71)105(74-43-36-64(37-44-74)62-22-10-3-11-23-62)83-47-33-60(58-96)51-79(83)94(87)78-50-59(57-95)32-46-82(78)104(85)73-41-34-63(35-42-73)61-20-8-2-9-21-61/h2-56H. The van der Waals surface area contributed by atoms with Crippen molar-refractivity contribution in [3.63, 3.8) is 0 Å². The van der Waals surface area contributed by atoms with Gasteiger partial charge >= 0.3 is 0 Å². The fourth-order valence-electron chi connectivity index (χ4n) is 15.2. The summed E-state index contributed by atoms with van der Waals surface area (Å²) in [6, 6.07) is 119. The Morgan fingerprint density at radius 2 is 0.679 bits per heavy atom. The van der Waals surface area contributed by atoms with Gasteiger partial charge in [0.25, 0.3) is 6.71 Å². The zero-order chi connectivity index (χ0) is 70.8. The Morgan fingerprint density at radius 1 is 0.292 bits per heavy atom. The van der Waals surface area contributed by atoms with Crippen molar-refractivity contribution in [2.45, 2.75) is 0 Å². The highest BCUT2D eigenvalue weighted by molar-refractivity contribution is 7.00. The molecule has 12 nitrogen and oxygen atoms in total. The molecular formula is C93H55BN12. The smallest absolute Gasteiger partial charge is 0.252 e. The van der Waals surface area contributed by atoms with Crippen molar-refractivity contribution in [3.8, 4) is 120 Å². The van der Waals surface area contributed by atoms with Gasteiger partial charge in [-0.1, -0.05) is 231 Å². The van der Waals surface area contributed by atoms with Crippen molar-refractivity contribution in [2.24, 2.45) is 0 Å². The number of benzene rings is 14. The van der Waals surface area contributed by atoms with Gasteiger partial charge < -0.3 is 14.4 Å². The molecule has 0 unspecified atom stereocenters. The summed E-state index contributed by atoms with van der Waals surface area (Å²) >= 11 is 0. The number of nitrogens with zero attached hydrogens (tertiary/aromatic N) is 12. The van der Waals surface area contributed by atoms with Gasteiger partial charge in [-0.05, 0) is 153 Å². The highest BCUT2D eigenvalue weighted by atomic mass is 15.2. The predicted octanol–water partition coefficient (Wildman–Crippen LogP) is 20.5. The second-order valence-electron chi connectivity index (χ2n) is 26.3. The van der Waals surface area contributed by atoms with Gasteiger partial charge in [0.2, 0.25) is 0 Å². The Labute approximate surface area is 611 Å². The second kappa shape index (κ2) is 25.9. The van der Waals surface area contributed by atoms with Crippen molar-refractivity contribution in [1.82, 2.24) is 34.5 Å². The van der Waals surface area contributed by atoms with Gasteiger partial charge in [-0.2, -0.15) is 10.5 Å². The van der Waals surface area contributed by atoms with Crippen LogP contribution in [0, 0.1) is 29.2 Å². The van der Waals surface area contributed by atoms with Gasteiger partial charge in [0.05, 0.1) is 46.6 Å². The van der Waals surface area contributed by atoms with Gasteiger partial charge in [0.1, 0.15) is 0 Å². The maximum Gasteiger partial charge on any atom is 0.252 e. The van der Waals surface area contributed by atoms with Crippen LogP contribution in [-0.4, -0.2) is 41.2 Å². The summed E-state index contributed by atoms with van der Waals surface area (Å²) < 4.78 is 2.26. The molecule has 2 aliphatic heterocycles. The Morgan fingerprint density at radius 3 is 1.11 bits per heavy atom. The molecule has 490 valence electrons. The van der Waals surface area contributed by atoms with E-state index in [-0.39, 0.29) is 0 Å². The zero-order valence-corrected chi connectivity index (χ0v) is 56.7. The van der Waals surface area contributed by atoms with Crippen LogP contribution in [0.5, 0.6) is 0 Å². The minimum absolute atomic E-state index is 0.391. The van der Waals surface area contributed by atoms with Gasteiger partial charge in [0, 0.05) is 78.3 Å². The molecule has 106 heavy (non-hydrogen) atoms. The SMILES string of the molecule is [C-]#[N+]c1ccc(-n2c3ccc(-c4cc5c6c(c4)N(c4ccc(-c7ccccc7)cc4)c4ccc(C#N)cc4B6c4cc(C#N)ccc4N5c4ccc(-c5ccccc5)cc4)cc3c3ccc(-c4nc(-c5ccccc5)nc(-c5ccccc5)n4)cc32)c(-c2nc(-c3ccccc3)nc(-c3ccccc3)n2)c1. The summed E-state index contributed by atoms with van der Waals surface area (Å²) in [5.41, 5.74) is 23.5. The molecule has 0 bridgehead atoms. The summed E-state index contributed by atoms with van der Waals surface area (Å²) in [5.74, 6) is 2.94. The van der Waals surface area contributed by atoms with E-state index < -0.39 is 6.71 Å². The molecule has 2 aliphatic rings. The first-order valence-corrected chi connectivity index (χ1v) is 34.9. The summed E-state index contributed by atoms with van der Waals surface area (Å²) in [4.78, 5) is 40.0. The first-order chi connectivity index (χ1) is 52.4. The molecule has 0 fully saturated rings. The average molecular weight is 1350 g/mol. The molecule has 17 aromatic rings. The van der Waals surface area contributed by atoms with Crippen LogP contribution in [0.3, 0.4) is 0 Å². The molecule has 0 N–H and O–H groups in total. The maximum atomic E-state index is 10.7. The van der Waals surface area contributed by atoms with Crippen molar-refractivity contribution < 1.29 is 0 Å². The van der Waals surface area contributed by atoms with Crippen LogP contribution in [0.15, 0.2) is 334 Å². The first kappa shape index (κ1) is 62.1. The molecule has 19 rings (SSSR count). The van der Waals surface area contributed by atoms with Crippen LogP contribution in [0.25, 0.3) is 134 Å². The quantitative estimate of drug-likeness (QED) is 0.0857. The Balaban J connectivity index is 0.874. The number of rotatable bonds is 12. The summed E-state index contributed by atoms with van der Waals surface area (Å²) in [5, 5.41) is 23.4. The number of anilines is 6. The predicted molar refractivity (Wildman–Crippen MR) is 426 cm³/mol. The lowest BCUT2D eigenvalue weighted by Gasteiger charge is -2.44. The molecule has 0 amide bonds. The molecule has 0 saturated carbocycles. The molecule has 14 aromatic carbocycles. The monoisotopic (exact) mass is 1350 g/mol. The Hall–Kier alpha value is -15.0. The minimum Gasteiger partial charge on any atom is -0.311 e. The van der Waals surface area contributed by atoms with Gasteiger partial charge in [-0.3, -0.25) is 0 Å². The number of nitriles is 2. The van der Waals surface area contributed by atoms with Crippen LogP contribution in [0.2, 0.25) is 0 Å². The van der Waals surface area contributed by atoms with Crippen molar-refractivity contribution in [2.75, 3.05) is 9.80 Å². The molecule has 0 radical (unpaired) electrons. The Bertz CT molecular complexity index is 6190. The van der Waals surface area contributed by atoms with E-state index >= 15 is 0 Å². The van der Waals surface area contributed by atoms with E-state index in [9.17, 15) is 10.5 Å². The highest BCUT2D eigenvalue weighted by Crippen LogP contribution is 2.49. The van der Waals surface area contributed by atoms with E-state index in [4.69, 9.17) is 36.5 Å². The van der Waals surface area contributed by atoms with E-state index in [1.807, 2.05) is 176 Å². The highest BCUT2D eigenvalue weighted by Gasteiger charge is 2.44. The summed E-state index contributed by atoms with van der Waals surface area (Å²) in [7, 11) is 0. The van der Waals surface area contributed by atoms with Crippen molar-refractivity contribution in [1.29, 1.82) is 10.5 Å². The lowest BCUT2D eigenvalue weighted by atomic mass is 9.33. The molecule has 5 heterocycles. The van der Waals surface area contributed by atoms with Crippen molar-refractivity contribution >= 4 is 84.7 Å². The third kappa shape index (κ3) is 10.9. The third-order valence-electron chi connectivity index (χ3n) is 20.1. The molecule has 0 atom stereocenters. The summed E-state index contributed by atoms with van der Waals surface area (Å²) in [6.45, 7) is 8.09. The van der Waals surface area contributed by atoms with E-state index in [1.165, 1.54) is 0 Å². The van der Waals surface area contributed by atoms with Crippen LogP contribution < -0.4 is 26.2 Å². The number of hydrogen-bond donors (Lipinski definition) is 0. The fraction of sp³-hybridized carbons (Fsp3) is 0. The Kier molecular flexibility index (Phi) is 15.2. The van der Waals surface area contributed by atoms with E-state index in [0.29, 0.717) is 57.3 Å². The van der Waals surface area contributed by atoms with Crippen molar-refractivity contribution in [3.05, 3.63) is 356 Å². The van der Waals surface area contributed by atoms with Gasteiger partial charge in [0.15, 0.2) is 40.6 Å². The molecule has 0 aliphatic carbocycles. The van der Waals surface area contributed by atoms with Crippen LogP contribution in [0.1, 0.15) is 11.1 Å². The second-order valence-corrected chi connectivity index (χ2v) is 26.3. The van der Waals surface area contributed by atoms with E-state index in [1.54, 1.807) is 0 Å². The largest absolute Gasteiger partial charge is 0.311 e. The average Bonchev–Trinajstić information content (AvgIpc) is 0.913. The van der Waals surface area contributed by atoms with Crippen LogP contribution >= 0.6 is 0 Å². The fourth-order valence-corrected chi connectivity index (χ4v) is 15.2. The third-order valence-corrected chi connectivity index (χ3v) is 20.1. The topological polar surface area (TPSA) is 141 Å². The lowest BCUT2D eigenvalue weighted by molar-refractivity contribution is 1.06. The van der Waals surface area contributed by atoms with Gasteiger partial charge in [-0.15, -0.1) is 0 Å². The zero-order valence-electron chi connectivity index (χ0n) is 56.7. The first-order valence-electron chi connectivity index (χ1n) is 34.9. The molecule has 3 aromatic heterocycles. The maximum absolute atomic E-state index is 10.7. The van der Waals surface area contributed by atoms with E-state index in [2.05, 4.69) is 189 Å². The number of hydrogen-bond acceptors (Lipinski definition) is 10. The number of fused-ring (bicyclic) bond motifs is 7. The normalized spacial score (nSPS) is 11.9. The summed E-state index contributed by atoms with van der Waals surface area (Å²) in [6.07, 6.45) is 0. The molecule has 0 spiro atoms. The van der Waals surface area contributed by atoms with Crippen LogP contribution in [0.4, 0.5) is 39.8 Å². The number of aromatic nitrogens is 7. The molecular weight excluding hydrogens is 1300 g/mol. The van der Waals surface area contributed by atoms with Crippen LogP contribution in [-0.2, 0) is 0 Å². The minimum atomic E-state index is -0.391. The molecule has 13 heteroatoms. The molecule has 0 saturated heterocycles. The van der Waals surface area contributed by atoms with Gasteiger partial charge in [-0.25, -0.2) is 34.7 Å². The van der Waals surface area contributed by atoms with E-state index in [0.717, 1.165) is 139 Å². The lowest BCUT2D eigenvalue weighted by Crippen LogP contribution is -2.61.